The number of aromatic amines is 1. The monoisotopic (exact) mass is 315 g/mol. The van der Waals surface area contributed by atoms with Crippen LogP contribution < -0.4 is 5.32 Å². The van der Waals surface area contributed by atoms with Gasteiger partial charge in [-0.25, -0.2) is 4.79 Å². The van der Waals surface area contributed by atoms with E-state index in [9.17, 15) is 14.4 Å². The van der Waals surface area contributed by atoms with Crippen molar-refractivity contribution in [1.29, 1.82) is 0 Å². The Kier molecular flexibility index (Phi) is 4.01. The van der Waals surface area contributed by atoms with E-state index in [0.717, 1.165) is 21.4 Å². The average Bonchev–Trinajstić information content (AvgIpc) is 3.05. The third-order valence-corrected chi connectivity index (χ3v) is 4.03. The Morgan fingerprint density at radius 2 is 2.04 bits per heavy atom. The van der Waals surface area contributed by atoms with Crippen LogP contribution in [0, 0.1) is 0 Å². The number of urea groups is 1. The number of carboxylic acid groups (broad SMARTS) is 1. The summed E-state index contributed by atoms with van der Waals surface area (Å²) in [5, 5.41) is 12.3. The predicted octanol–water partition coefficient (Wildman–Crippen LogP) is 1.50. The Morgan fingerprint density at radius 1 is 1.26 bits per heavy atom. The van der Waals surface area contributed by atoms with Gasteiger partial charge in [-0.1, -0.05) is 18.2 Å². The summed E-state index contributed by atoms with van der Waals surface area (Å²) in [6, 6.07) is 6.64. The van der Waals surface area contributed by atoms with E-state index in [0.29, 0.717) is 6.42 Å². The highest BCUT2D eigenvalue weighted by molar-refractivity contribution is 6.04. The molecule has 7 nitrogen and oxygen atoms in total. The van der Waals surface area contributed by atoms with E-state index in [1.165, 1.54) is 0 Å². The molecule has 23 heavy (non-hydrogen) atoms. The highest BCUT2D eigenvalue weighted by Crippen LogP contribution is 2.19. The highest BCUT2D eigenvalue weighted by Gasteiger charge is 2.37. The van der Waals surface area contributed by atoms with Gasteiger partial charge in [0.1, 0.15) is 6.04 Å². The van der Waals surface area contributed by atoms with Crippen molar-refractivity contribution in [2.45, 2.75) is 25.3 Å². The zero-order valence-corrected chi connectivity index (χ0v) is 12.4. The van der Waals surface area contributed by atoms with Gasteiger partial charge >= 0.3 is 12.0 Å². The number of benzene rings is 1. The van der Waals surface area contributed by atoms with Gasteiger partial charge in [0.15, 0.2) is 0 Å². The lowest BCUT2D eigenvalue weighted by Crippen LogP contribution is -2.33. The number of aromatic nitrogens is 1. The first-order valence-corrected chi connectivity index (χ1v) is 7.45. The molecule has 0 saturated carbocycles. The molecule has 1 aromatic carbocycles. The average molecular weight is 315 g/mol. The number of carbonyl (C=O) groups excluding carboxylic acids is 2. The van der Waals surface area contributed by atoms with Crippen molar-refractivity contribution in [3.05, 3.63) is 36.0 Å². The maximum Gasteiger partial charge on any atom is 0.324 e. The number of carboxylic acids is 1. The minimum atomic E-state index is -0.982. The number of amides is 3. The SMILES string of the molecule is O=C(O)CC[C@H]1NC(=O)N(CCc2c[nH]c3ccccc23)C1=O. The third kappa shape index (κ3) is 3.03. The Labute approximate surface area is 132 Å². The van der Waals surface area contributed by atoms with Crippen LogP contribution >= 0.6 is 0 Å². The van der Waals surface area contributed by atoms with Crippen LogP contribution in [0.4, 0.5) is 4.79 Å². The van der Waals surface area contributed by atoms with E-state index < -0.39 is 18.0 Å². The number of rotatable bonds is 6. The molecule has 1 aromatic heterocycles. The van der Waals surface area contributed by atoms with Crippen LogP contribution in [0.1, 0.15) is 18.4 Å². The molecule has 0 bridgehead atoms. The van der Waals surface area contributed by atoms with Crippen LogP contribution in [-0.2, 0) is 16.0 Å². The van der Waals surface area contributed by atoms with E-state index in [1.807, 2.05) is 30.5 Å². The molecule has 3 amide bonds. The lowest BCUT2D eigenvalue weighted by Gasteiger charge is -2.12. The molecule has 7 heteroatoms. The van der Waals surface area contributed by atoms with E-state index in [2.05, 4.69) is 10.3 Å². The van der Waals surface area contributed by atoms with E-state index in [4.69, 9.17) is 5.11 Å². The summed E-state index contributed by atoms with van der Waals surface area (Å²) >= 11 is 0. The number of carbonyl (C=O) groups is 3. The predicted molar refractivity (Wildman–Crippen MR) is 82.9 cm³/mol. The van der Waals surface area contributed by atoms with Gasteiger partial charge in [0.2, 0.25) is 0 Å². The topological polar surface area (TPSA) is 102 Å². The van der Waals surface area contributed by atoms with Gasteiger partial charge in [0.25, 0.3) is 5.91 Å². The van der Waals surface area contributed by atoms with Crippen LogP contribution in [0.5, 0.6) is 0 Å². The number of aliphatic carboxylic acids is 1. The summed E-state index contributed by atoms with van der Waals surface area (Å²) in [5.74, 6) is -1.33. The van der Waals surface area contributed by atoms with Crippen molar-refractivity contribution in [2.24, 2.45) is 0 Å². The molecule has 120 valence electrons. The van der Waals surface area contributed by atoms with Crippen molar-refractivity contribution < 1.29 is 19.5 Å². The molecule has 0 radical (unpaired) electrons. The number of H-pyrrole nitrogens is 1. The van der Waals surface area contributed by atoms with Crippen LogP contribution in [0.25, 0.3) is 10.9 Å². The molecule has 0 aliphatic carbocycles. The normalized spacial score (nSPS) is 17.7. The third-order valence-electron chi connectivity index (χ3n) is 4.03. The van der Waals surface area contributed by atoms with Gasteiger partial charge < -0.3 is 15.4 Å². The van der Waals surface area contributed by atoms with Crippen molar-refractivity contribution in [1.82, 2.24) is 15.2 Å². The Hall–Kier alpha value is -2.83. The largest absolute Gasteiger partial charge is 0.481 e. The second-order valence-corrected chi connectivity index (χ2v) is 5.53. The molecule has 2 heterocycles. The van der Waals surface area contributed by atoms with Gasteiger partial charge in [0, 0.05) is 30.1 Å². The lowest BCUT2D eigenvalue weighted by atomic mass is 10.1. The van der Waals surface area contributed by atoms with Gasteiger partial charge in [-0.15, -0.1) is 0 Å². The minimum Gasteiger partial charge on any atom is -0.481 e. The van der Waals surface area contributed by atoms with Crippen molar-refractivity contribution in [3.8, 4) is 0 Å². The summed E-state index contributed by atoms with van der Waals surface area (Å²) in [7, 11) is 0. The summed E-state index contributed by atoms with van der Waals surface area (Å²) < 4.78 is 0. The molecular weight excluding hydrogens is 298 g/mol. The zero-order valence-electron chi connectivity index (χ0n) is 12.4. The second kappa shape index (κ2) is 6.12. The lowest BCUT2D eigenvalue weighted by molar-refractivity contribution is -0.137. The first-order chi connectivity index (χ1) is 11.1. The Balaban J connectivity index is 1.65. The fourth-order valence-corrected chi connectivity index (χ4v) is 2.82. The number of nitrogens with zero attached hydrogens (tertiary/aromatic N) is 1. The molecule has 1 fully saturated rings. The standard InChI is InChI=1S/C16H17N3O4/c20-14(21)6-5-13-15(22)19(16(23)18-13)8-7-10-9-17-12-4-2-1-3-11(10)12/h1-4,9,13,17H,5-8H2,(H,18,23)(H,20,21)/t13-/m1/s1. The maximum atomic E-state index is 12.2. The molecule has 1 saturated heterocycles. The summed E-state index contributed by atoms with van der Waals surface area (Å²) in [6.07, 6.45) is 2.40. The summed E-state index contributed by atoms with van der Waals surface area (Å²) in [5.41, 5.74) is 2.05. The van der Waals surface area contributed by atoms with Crippen LogP contribution in [0.3, 0.4) is 0 Å². The van der Waals surface area contributed by atoms with Gasteiger partial charge in [-0.3, -0.25) is 14.5 Å². The number of fused-ring (bicyclic) bond motifs is 1. The molecule has 3 N–H and O–H groups in total. The summed E-state index contributed by atoms with van der Waals surface area (Å²) in [6.45, 7) is 0.274. The fourth-order valence-electron chi connectivity index (χ4n) is 2.82. The Morgan fingerprint density at radius 3 is 2.83 bits per heavy atom. The molecular formula is C16H17N3O4. The molecule has 3 rings (SSSR count). The smallest absolute Gasteiger partial charge is 0.324 e. The minimum absolute atomic E-state index is 0.115. The van der Waals surface area contributed by atoms with Crippen molar-refractivity contribution >= 4 is 28.8 Å². The van der Waals surface area contributed by atoms with Crippen LogP contribution in [0.15, 0.2) is 30.5 Å². The maximum absolute atomic E-state index is 12.2. The fraction of sp³-hybridized carbons (Fsp3) is 0.312. The molecule has 0 unspecified atom stereocenters. The summed E-state index contributed by atoms with van der Waals surface area (Å²) in [4.78, 5) is 39.0. The van der Waals surface area contributed by atoms with Crippen LogP contribution in [0.2, 0.25) is 0 Å². The van der Waals surface area contributed by atoms with Crippen molar-refractivity contribution in [2.75, 3.05) is 6.54 Å². The number of imide groups is 1. The second-order valence-electron chi connectivity index (χ2n) is 5.53. The zero-order chi connectivity index (χ0) is 16.4. The number of hydrogen-bond donors (Lipinski definition) is 3. The molecule has 1 aliphatic heterocycles. The van der Waals surface area contributed by atoms with E-state index >= 15 is 0 Å². The quantitative estimate of drug-likeness (QED) is 0.703. The molecule has 1 atom stereocenters. The molecule has 2 aromatic rings. The molecule has 0 spiro atoms. The van der Waals surface area contributed by atoms with Crippen LogP contribution in [-0.4, -0.2) is 45.5 Å². The number of nitrogens with one attached hydrogen (secondary N) is 2. The Bertz CT molecular complexity index is 768. The first-order valence-electron chi connectivity index (χ1n) is 7.45. The van der Waals surface area contributed by atoms with Crippen molar-refractivity contribution in [3.63, 3.8) is 0 Å². The van der Waals surface area contributed by atoms with Gasteiger partial charge in [-0.2, -0.15) is 0 Å². The first kappa shape index (κ1) is 15.1. The number of para-hydroxylation sites is 1. The number of hydrogen-bond acceptors (Lipinski definition) is 3. The molecule has 1 aliphatic rings. The van der Waals surface area contributed by atoms with Gasteiger partial charge in [-0.05, 0) is 24.5 Å². The van der Waals surface area contributed by atoms with E-state index in [1.54, 1.807) is 0 Å². The highest BCUT2D eigenvalue weighted by atomic mass is 16.4. The van der Waals surface area contributed by atoms with E-state index in [-0.39, 0.29) is 25.3 Å². The van der Waals surface area contributed by atoms with Gasteiger partial charge in [0.05, 0.1) is 0 Å².